The van der Waals surface area contributed by atoms with Crippen LogP contribution in [0.2, 0.25) is 0 Å². The van der Waals surface area contributed by atoms with E-state index in [0.29, 0.717) is 12.5 Å². The first-order valence-electron chi connectivity index (χ1n) is 3.58. The maximum absolute atomic E-state index is 10.0. The standard InChI is InChI=1S/C7H15NO2/c1-6(2)8-5-3-4-7(9)10/h6,8H,3-5H2,1-2H3,(H,9,10). The predicted octanol–water partition coefficient (Wildman–Crippen LogP) is 0.849. The summed E-state index contributed by atoms with van der Waals surface area (Å²) in [5, 5.41) is 11.4. The van der Waals surface area contributed by atoms with Crippen molar-refractivity contribution in [2.24, 2.45) is 0 Å². The number of nitrogens with one attached hydrogen (secondary N) is 1. The molecule has 0 aromatic rings. The Kier molecular flexibility index (Phi) is 4.94. The van der Waals surface area contributed by atoms with Gasteiger partial charge in [0.15, 0.2) is 0 Å². The van der Waals surface area contributed by atoms with Crippen LogP contribution in [0.25, 0.3) is 0 Å². The highest BCUT2D eigenvalue weighted by atomic mass is 16.4. The monoisotopic (exact) mass is 145 g/mol. The number of aliphatic carboxylic acids is 1. The van der Waals surface area contributed by atoms with Crippen LogP contribution in [0.15, 0.2) is 0 Å². The molecule has 0 atom stereocenters. The van der Waals surface area contributed by atoms with Crippen LogP contribution in [-0.4, -0.2) is 23.7 Å². The molecular weight excluding hydrogens is 130 g/mol. The minimum Gasteiger partial charge on any atom is -0.481 e. The highest BCUT2D eigenvalue weighted by Gasteiger charge is 1.96. The molecule has 0 saturated carbocycles. The summed E-state index contributed by atoms with van der Waals surface area (Å²) in [6.45, 7) is 4.88. The van der Waals surface area contributed by atoms with E-state index < -0.39 is 5.97 Å². The SMILES string of the molecule is CC(C)NCCCC(=O)O. The lowest BCUT2D eigenvalue weighted by Gasteiger charge is -2.05. The van der Waals surface area contributed by atoms with Crippen LogP contribution in [-0.2, 0) is 4.79 Å². The van der Waals surface area contributed by atoms with Crippen LogP contribution in [0.5, 0.6) is 0 Å². The summed E-state index contributed by atoms with van der Waals surface area (Å²) in [5.74, 6) is -0.717. The summed E-state index contributed by atoms with van der Waals surface area (Å²) in [6, 6.07) is 0.453. The summed E-state index contributed by atoms with van der Waals surface area (Å²) in [7, 11) is 0. The lowest BCUT2D eigenvalue weighted by atomic mass is 10.3. The van der Waals surface area contributed by atoms with E-state index in [4.69, 9.17) is 5.11 Å². The van der Waals surface area contributed by atoms with Gasteiger partial charge in [0.1, 0.15) is 0 Å². The highest BCUT2D eigenvalue weighted by Crippen LogP contribution is 1.86. The van der Waals surface area contributed by atoms with E-state index in [9.17, 15) is 4.79 Å². The second-order valence-corrected chi connectivity index (χ2v) is 2.61. The van der Waals surface area contributed by atoms with Crippen molar-refractivity contribution in [3.8, 4) is 0 Å². The predicted molar refractivity (Wildman–Crippen MR) is 40.0 cm³/mol. The number of hydrogen-bond acceptors (Lipinski definition) is 2. The van der Waals surface area contributed by atoms with Gasteiger partial charge in [-0.05, 0) is 13.0 Å². The van der Waals surface area contributed by atoms with Crippen LogP contribution >= 0.6 is 0 Å². The molecule has 0 aromatic carbocycles. The molecule has 0 rings (SSSR count). The van der Waals surface area contributed by atoms with E-state index in [0.717, 1.165) is 6.54 Å². The van der Waals surface area contributed by atoms with Crippen molar-refractivity contribution in [1.29, 1.82) is 0 Å². The third-order valence-corrected chi connectivity index (χ3v) is 1.12. The molecule has 2 N–H and O–H groups in total. The first kappa shape index (κ1) is 9.43. The normalized spacial score (nSPS) is 10.3. The number of rotatable bonds is 5. The zero-order valence-electron chi connectivity index (χ0n) is 6.55. The zero-order chi connectivity index (χ0) is 7.98. The van der Waals surface area contributed by atoms with E-state index in [1.54, 1.807) is 0 Å². The van der Waals surface area contributed by atoms with Gasteiger partial charge in [-0.3, -0.25) is 4.79 Å². The quantitative estimate of drug-likeness (QED) is 0.564. The molecule has 0 aromatic heterocycles. The summed E-state index contributed by atoms with van der Waals surface area (Å²) in [6.07, 6.45) is 0.979. The third kappa shape index (κ3) is 7.43. The number of carbonyl (C=O) groups is 1. The van der Waals surface area contributed by atoms with Crippen molar-refractivity contribution >= 4 is 5.97 Å². The molecule has 10 heavy (non-hydrogen) atoms. The lowest BCUT2D eigenvalue weighted by molar-refractivity contribution is -0.137. The number of hydrogen-bond donors (Lipinski definition) is 2. The second kappa shape index (κ2) is 5.23. The van der Waals surface area contributed by atoms with Gasteiger partial charge in [0.25, 0.3) is 0 Å². The maximum Gasteiger partial charge on any atom is 0.303 e. The zero-order valence-corrected chi connectivity index (χ0v) is 6.55. The van der Waals surface area contributed by atoms with Crippen LogP contribution < -0.4 is 5.32 Å². The summed E-state index contributed by atoms with van der Waals surface area (Å²) < 4.78 is 0. The van der Waals surface area contributed by atoms with Gasteiger partial charge in [0, 0.05) is 12.5 Å². The Balaban J connectivity index is 2.98. The second-order valence-electron chi connectivity index (χ2n) is 2.61. The molecule has 0 heterocycles. The molecular formula is C7H15NO2. The molecule has 0 saturated heterocycles. The van der Waals surface area contributed by atoms with Gasteiger partial charge >= 0.3 is 5.97 Å². The number of carboxylic acids is 1. The summed E-state index contributed by atoms with van der Waals surface area (Å²) in [4.78, 5) is 10.0. The molecule has 0 fully saturated rings. The van der Waals surface area contributed by atoms with Gasteiger partial charge in [-0.15, -0.1) is 0 Å². The van der Waals surface area contributed by atoms with Crippen LogP contribution in [0, 0.1) is 0 Å². The molecule has 0 radical (unpaired) electrons. The largest absolute Gasteiger partial charge is 0.481 e. The maximum atomic E-state index is 10.0. The fourth-order valence-electron chi connectivity index (χ4n) is 0.630. The van der Waals surface area contributed by atoms with Crippen molar-refractivity contribution in [3.63, 3.8) is 0 Å². The van der Waals surface area contributed by atoms with E-state index in [2.05, 4.69) is 5.32 Å². The van der Waals surface area contributed by atoms with Crippen LogP contribution in [0.3, 0.4) is 0 Å². The molecule has 0 aliphatic heterocycles. The molecule has 0 amide bonds. The molecule has 0 spiro atoms. The van der Waals surface area contributed by atoms with Crippen molar-refractivity contribution in [2.45, 2.75) is 32.7 Å². The fraction of sp³-hybridized carbons (Fsp3) is 0.857. The van der Waals surface area contributed by atoms with Gasteiger partial charge in [-0.25, -0.2) is 0 Å². The van der Waals surface area contributed by atoms with E-state index in [1.165, 1.54) is 0 Å². The Bertz CT molecular complexity index is 102. The Morgan fingerprint density at radius 3 is 2.60 bits per heavy atom. The molecule has 3 heteroatoms. The van der Waals surface area contributed by atoms with Crippen molar-refractivity contribution in [3.05, 3.63) is 0 Å². The lowest BCUT2D eigenvalue weighted by Crippen LogP contribution is -2.24. The van der Waals surface area contributed by atoms with Gasteiger partial charge in [0.2, 0.25) is 0 Å². The van der Waals surface area contributed by atoms with Crippen molar-refractivity contribution in [1.82, 2.24) is 5.32 Å². The summed E-state index contributed by atoms with van der Waals surface area (Å²) >= 11 is 0. The number of carboxylic acid groups (broad SMARTS) is 1. The molecule has 0 unspecified atom stereocenters. The fourth-order valence-corrected chi connectivity index (χ4v) is 0.630. The summed E-state index contributed by atoms with van der Waals surface area (Å²) in [5.41, 5.74) is 0. The van der Waals surface area contributed by atoms with Gasteiger partial charge in [-0.2, -0.15) is 0 Å². The Hall–Kier alpha value is -0.570. The van der Waals surface area contributed by atoms with Crippen LogP contribution in [0.1, 0.15) is 26.7 Å². The van der Waals surface area contributed by atoms with Gasteiger partial charge in [-0.1, -0.05) is 13.8 Å². The topological polar surface area (TPSA) is 49.3 Å². The average Bonchev–Trinajstić information content (AvgIpc) is 1.79. The van der Waals surface area contributed by atoms with Gasteiger partial charge in [0.05, 0.1) is 0 Å². The van der Waals surface area contributed by atoms with E-state index >= 15 is 0 Å². The smallest absolute Gasteiger partial charge is 0.303 e. The minimum atomic E-state index is -0.717. The average molecular weight is 145 g/mol. The third-order valence-electron chi connectivity index (χ3n) is 1.12. The minimum absolute atomic E-state index is 0.264. The first-order chi connectivity index (χ1) is 4.63. The Morgan fingerprint density at radius 1 is 1.60 bits per heavy atom. The molecule has 0 bridgehead atoms. The highest BCUT2D eigenvalue weighted by molar-refractivity contribution is 5.66. The Morgan fingerprint density at radius 2 is 2.20 bits per heavy atom. The van der Waals surface area contributed by atoms with Crippen LogP contribution in [0.4, 0.5) is 0 Å². The molecule has 3 nitrogen and oxygen atoms in total. The van der Waals surface area contributed by atoms with Crippen molar-refractivity contribution < 1.29 is 9.90 Å². The Labute approximate surface area is 61.4 Å². The molecule has 0 aliphatic carbocycles. The van der Waals surface area contributed by atoms with E-state index in [1.807, 2.05) is 13.8 Å². The first-order valence-corrected chi connectivity index (χ1v) is 3.58. The van der Waals surface area contributed by atoms with Gasteiger partial charge < -0.3 is 10.4 Å². The molecule has 60 valence electrons. The van der Waals surface area contributed by atoms with E-state index in [-0.39, 0.29) is 6.42 Å². The van der Waals surface area contributed by atoms with Crippen molar-refractivity contribution in [2.75, 3.05) is 6.54 Å². The molecule has 0 aliphatic rings.